The van der Waals surface area contributed by atoms with E-state index in [0.717, 1.165) is 0 Å². The fraction of sp³-hybridized carbons (Fsp3) is 0.333. The van der Waals surface area contributed by atoms with Gasteiger partial charge in [-0.25, -0.2) is 8.78 Å². The molecule has 1 saturated carbocycles. The van der Waals surface area contributed by atoms with Crippen molar-refractivity contribution in [3.63, 3.8) is 0 Å². The van der Waals surface area contributed by atoms with Gasteiger partial charge in [0.1, 0.15) is 11.6 Å². The Labute approximate surface area is 139 Å². The predicted molar refractivity (Wildman–Crippen MR) is 88.9 cm³/mol. The lowest BCUT2D eigenvalue weighted by Gasteiger charge is -2.38. The van der Waals surface area contributed by atoms with E-state index in [1.54, 1.807) is 24.3 Å². The maximum absolute atomic E-state index is 12.9. The molecule has 2 aromatic rings. The summed E-state index contributed by atoms with van der Waals surface area (Å²) in [5, 5.41) is 26.9. The van der Waals surface area contributed by atoms with Gasteiger partial charge in [-0.3, -0.25) is 0 Å². The van der Waals surface area contributed by atoms with Gasteiger partial charge in [0.2, 0.25) is 0 Å². The van der Waals surface area contributed by atoms with Crippen molar-refractivity contribution < 1.29 is 19.0 Å². The Hall–Kier alpha value is -2.18. The van der Waals surface area contributed by atoms with E-state index < -0.39 is 12.2 Å². The van der Waals surface area contributed by atoms with Crippen LogP contribution in [0.25, 0.3) is 0 Å². The molecule has 1 fully saturated rings. The van der Waals surface area contributed by atoms with Crippen LogP contribution in [0.4, 0.5) is 20.2 Å². The first-order valence-corrected chi connectivity index (χ1v) is 7.91. The molecule has 4 atom stereocenters. The van der Waals surface area contributed by atoms with E-state index in [-0.39, 0.29) is 23.7 Å². The summed E-state index contributed by atoms with van der Waals surface area (Å²) >= 11 is 0. The molecule has 128 valence electrons. The van der Waals surface area contributed by atoms with Crippen LogP contribution in [0.2, 0.25) is 0 Å². The molecular formula is C18H20F2N2O2. The second-order valence-electron chi connectivity index (χ2n) is 6.12. The van der Waals surface area contributed by atoms with Gasteiger partial charge >= 0.3 is 0 Å². The van der Waals surface area contributed by atoms with Crippen molar-refractivity contribution in [3.05, 3.63) is 60.2 Å². The number of halogens is 2. The molecule has 0 aromatic heterocycles. The molecule has 4 N–H and O–H groups in total. The number of hydrogen-bond donors (Lipinski definition) is 4. The molecule has 24 heavy (non-hydrogen) atoms. The molecule has 1 aliphatic rings. The van der Waals surface area contributed by atoms with Gasteiger partial charge in [0.15, 0.2) is 0 Å². The highest BCUT2D eigenvalue weighted by Gasteiger charge is 2.35. The van der Waals surface area contributed by atoms with Crippen molar-refractivity contribution in [3.8, 4) is 0 Å². The quantitative estimate of drug-likeness (QED) is 0.694. The summed E-state index contributed by atoms with van der Waals surface area (Å²) in [5.41, 5.74) is 1.38. The van der Waals surface area contributed by atoms with Crippen LogP contribution in [0.5, 0.6) is 0 Å². The summed E-state index contributed by atoms with van der Waals surface area (Å²) in [6.07, 6.45) is -0.651. The molecule has 2 aromatic carbocycles. The molecule has 3 rings (SSSR count). The third-order valence-electron chi connectivity index (χ3n) is 4.31. The zero-order valence-electron chi connectivity index (χ0n) is 13.0. The second kappa shape index (κ2) is 7.15. The van der Waals surface area contributed by atoms with Gasteiger partial charge in [-0.05, 0) is 61.4 Å². The number of aliphatic hydroxyl groups is 2. The molecule has 0 saturated heterocycles. The van der Waals surface area contributed by atoms with Crippen molar-refractivity contribution in [1.29, 1.82) is 0 Å². The van der Waals surface area contributed by atoms with Gasteiger partial charge in [0.25, 0.3) is 0 Å². The number of aliphatic hydroxyl groups excluding tert-OH is 2. The van der Waals surface area contributed by atoms with E-state index in [9.17, 15) is 19.0 Å². The van der Waals surface area contributed by atoms with Gasteiger partial charge < -0.3 is 20.8 Å². The van der Waals surface area contributed by atoms with E-state index in [4.69, 9.17) is 0 Å². The summed E-state index contributed by atoms with van der Waals surface area (Å²) in [6.45, 7) is 0. The number of hydrogen-bond acceptors (Lipinski definition) is 4. The minimum Gasteiger partial charge on any atom is -0.391 e. The lowest BCUT2D eigenvalue weighted by atomic mass is 9.86. The summed E-state index contributed by atoms with van der Waals surface area (Å²) in [5.74, 6) is -0.651. The van der Waals surface area contributed by atoms with Crippen molar-refractivity contribution in [2.24, 2.45) is 0 Å². The Morgan fingerprint density at radius 1 is 0.667 bits per heavy atom. The first-order valence-electron chi connectivity index (χ1n) is 7.91. The van der Waals surface area contributed by atoms with Crippen molar-refractivity contribution in [2.45, 2.75) is 37.1 Å². The van der Waals surface area contributed by atoms with Crippen molar-refractivity contribution >= 4 is 11.4 Å². The molecule has 0 unspecified atom stereocenters. The predicted octanol–water partition coefficient (Wildman–Crippen LogP) is 2.74. The Kier molecular flexibility index (Phi) is 4.97. The lowest BCUT2D eigenvalue weighted by Crippen LogP contribution is -2.51. The summed E-state index contributed by atoms with van der Waals surface area (Å²) < 4.78 is 25.9. The Bertz CT molecular complexity index is 604. The van der Waals surface area contributed by atoms with E-state index in [1.165, 1.54) is 24.3 Å². The maximum Gasteiger partial charge on any atom is 0.123 e. The fourth-order valence-corrected chi connectivity index (χ4v) is 2.99. The van der Waals surface area contributed by atoms with Crippen LogP contribution in [0, 0.1) is 11.6 Å². The molecule has 0 radical (unpaired) electrons. The van der Waals surface area contributed by atoms with Crippen LogP contribution >= 0.6 is 0 Å². The Balaban J connectivity index is 1.61. The molecule has 0 spiro atoms. The van der Waals surface area contributed by atoms with Crippen LogP contribution in [0.3, 0.4) is 0 Å². The highest BCUT2D eigenvalue weighted by atomic mass is 19.1. The average Bonchev–Trinajstić information content (AvgIpc) is 2.56. The van der Waals surface area contributed by atoms with Crippen LogP contribution in [0.1, 0.15) is 12.8 Å². The molecule has 0 heterocycles. The van der Waals surface area contributed by atoms with Gasteiger partial charge in [0.05, 0.1) is 24.3 Å². The summed E-state index contributed by atoms with van der Waals surface area (Å²) in [7, 11) is 0. The third-order valence-corrected chi connectivity index (χ3v) is 4.31. The first-order chi connectivity index (χ1) is 11.5. The minimum atomic E-state index is -0.670. The number of nitrogens with one attached hydrogen (secondary N) is 2. The van der Waals surface area contributed by atoms with Gasteiger partial charge in [-0.15, -0.1) is 0 Å². The van der Waals surface area contributed by atoms with E-state index >= 15 is 0 Å². The highest BCUT2D eigenvalue weighted by Crippen LogP contribution is 2.26. The lowest BCUT2D eigenvalue weighted by molar-refractivity contribution is 0.0342. The van der Waals surface area contributed by atoms with Crippen molar-refractivity contribution in [2.75, 3.05) is 10.6 Å². The van der Waals surface area contributed by atoms with Crippen LogP contribution < -0.4 is 10.6 Å². The normalized spacial score (nSPS) is 26.8. The minimum absolute atomic E-state index is 0.322. The van der Waals surface area contributed by atoms with Gasteiger partial charge in [-0.1, -0.05) is 0 Å². The number of anilines is 2. The first kappa shape index (κ1) is 16.7. The average molecular weight is 334 g/mol. The monoisotopic (exact) mass is 334 g/mol. The molecule has 6 heteroatoms. The van der Waals surface area contributed by atoms with Crippen molar-refractivity contribution in [1.82, 2.24) is 0 Å². The zero-order chi connectivity index (χ0) is 17.1. The number of benzene rings is 2. The molecule has 4 nitrogen and oxygen atoms in total. The fourth-order valence-electron chi connectivity index (χ4n) is 2.99. The maximum atomic E-state index is 12.9. The highest BCUT2D eigenvalue weighted by molar-refractivity contribution is 5.46. The Morgan fingerprint density at radius 3 is 1.33 bits per heavy atom. The Morgan fingerprint density at radius 2 is 1.00 bits per heavy atom. The largest absolute Gasteiger partial charge is 0.391 e. The molecule has 0 bridgehead atoms. The van der Waals surface area contributed by atoms with Gasteiger partial charge in [0, 0.05) is 11.4 Å². The SMILES string of the molecule is O[C@@H]1C[C@H](Nc2ccc(F)cc2)[C@@H](O)C[C@H]1Nc1ccc(F)cc1. The van der Waals surface area contributed by atoms with Crippen LogP contribution in [-0.4, -0.2) is 34.5 Å². The smallest absolute Gasteiger partial charge is 0.123 e. The summed E-state index contributed by atoms with van der Waals surface area (Å²) in [6, 6.07) is 11.1. The molecule has 0 amide bonds. The molecular weight excluding hydrogens is 314 g/mol. The van der Waals surface area contributed by atoms with E-state index in [1.807, 2.05) is 0 Å². The number of rotatable bonds is 4. The van der Waals surface area contributed by atoms with Crippen LogP contribution in [0.15, 0.2) is 48.5 Å². The molecule has 0 aliphatic heterocycles. The van der Waals surface area contributed by atoms with E-state index in [2.05, 4.69) is 10.6 Å². The topological polar surface area (TPSA) is 64.5 Å². The second-order valence-corrected chi connectivity index (χ2v) is 6.12. The van der Waals surface area contributed by atoms with Gasteiger partial charge in [-0.2, -0.15) is 0 Å². The third kappa shape index (κ3) is 4.01. The summed E-state index contributed by atoms with van der Waals surface area (Å²) in [4.78, 5) is 0. The zero-order valence-corrected chi connectivity index (χ0v) is 13.0. The standard InChI is InChI=1S/C18H20F2N2O2/c19-11-1-5-13(6-2-11)21-15-9-18(24)16(10-17(15)23)22-14-7-3-12(20)4-8-14/h1-8,15-18,21-24H,9-10H2/t15-,16+,17-,18+. The van der Waals surface area contributed by atoms with E-state index in [0.29, 0.717) is 24.2 Å². The van der Waals surface area contributed by atoms with Crippen LogP contribution in [-0.2, 0) is 0 Å². The molecule has 1 aliphatic carbocycles.